The molecule has 0 spiro atoms. The summed E-state index contributed by atoms with van der Waals surface area (Å²) in [5.74, 6) is 0. The van der Waals surface area contributed by atoms with Gasteiger partial charge >= 0.3 is 293 Å². The van der Waals surface area contributed by atoms with Crippen LogP contribution in [0.1, 0.15) is 95.7 Å². The molecule has 0 nitrogen and oxygen atoms in total. The monoisotopic (exact) mass is 779 g/mol. The van der Waals surface area contributed by atoms with Gasteiger partial charge < -0.3 is 0 Å². The minimum absolute atomic E-state index is 0.0125. The third-order valence-electron chi connectivity index (χ3n) is 12.2. The van der Waals surface area contributed by atoms with Crippen LogP contribution in [-0.4, -0.2) is 20.5 Å². The normalized spacial score (nSPS) is 17.3. The van der Waals surface area contributed by atoms with E-state index >= 15 is 13.2 Å². The van der Waals surface area contributed by atoms with E-state index < -0.39 is 25.9 Å². The van der Waals surface area contributed by atoms with E-state index in [2.05, 4.69) is 122 Å². The van der Waals surface area contributed by atoms with Crippen LogP contribution in [0.25, 0.3) is 33.4 Å². The van der Waals surface area contributed by atoms with Gasteiger partial charge in [0.2, 0.25) is 0 Å². The Balaban J connectivity index is 1.34. The molecule has 0 saturated heterocycles. The second kappa shape index (κ2) is 12.3. The predicted octanol–water partition coefficient (Wildman–Crippen LogP) is 11.6. The van der Waals surface area contributed by atoms with Crippen molar-refractivity contribution in [3.63, 3.8) is 0 Å². The molecule has 0 saturated carbocycles. The van der Waals surface area contributed by atoms with Gasteiger partial charge in [-0.15, -0.1) is 0 Å². The molecule has 0 aromatic heterocycles. The van der Waals surface area contributed by atoms with Gasteiger partial charge in [0, 0.05) is 0 Å². The van der Waals surface area contributed by atoms with Crippen LogP contribution >= 0.6 is 0 Å². The molecule has 54 heavy (non-hydrogen) atoms. The molecule has 273 valence electrons. The van der Waals surface area contributed by atoms with E-state index in [4.69, 9.17) is 0 Å². The van der Waals surface area contributed by atoms with E-state index in [-0.39, 0.29) is 16.2 Å². The first-order chi connectivity index (χ1) is 25.3. The fraction of sp³-hybridized carbons (Fsp3) is 0.280. The Labute approximate surface area is 323 Å². The maximum absolute atomic E-state index is 15.9. The molecule has 0 N–H and O–H groups in total. The number of hydrogen-bond acceptors (Lipinski definition) is 0. The Morgan fingerprint density at radius 2 is 0.963 bits per heavy atom. The second-order valence-electron chi connectivity index (χ2n) is 18.1. The summed E-state index contributed by atoms with van der Waals surface area (Å²) < 4.78 is 51.1. The van der Waals surface area contributed by atoms with Crippen molar-refractivity contribution in [1.29, 1.82) is 0 Å². The van der Waals surface area contributed by atoms with Crippen molar-refractivity contribution >= 4 is 27.5 Å². The Bertz CT molecular complexity index is 2380. The van der Waals surface area contributed by atoms with Crippen LogP contribution in [0, 0.1) is 0 Å². The summed E-state index contributed by atoms with van der Waals surface area (Å²) in [6.45, 7) is 19.3. The topological polar surface area (TPSA) is 0 Å². The van der Waals surface area contributed by atoms with E-state index in [1.165, 1.54) is 43.5 Å². The Kier molecular flexibility index (Phi) is 8.36. The fourth-order valence-corrected chi connectivity index (χ4v) is 14.3. The molecule has 1 unspecified atom stereocenters. The summed E-state index contributed by atoms with van der Waals surface area (Å²) in [6.07, 6.45) is -4.52. The summed E-state index contributed by atoms with van der Waals surface area (Å²) in [6, 6.07) is 43.9. The molecule has 0 fully saturated rings. The van der Waals surface area contributed by atoms with Gasteiger partial charge in [-0.05, 0) is 11.0 Å². The molecule has 0 aliphatic heterocycles. The molecule has 1 atom stereocenters. The van der Waals surface area contributed by atoms with Gasteiger partial charge in [0.1, 0.15) is 0 Å². The standard InChI is InChI=1S/C50H48F3Ge/c1-46(2,3)32-21-24-39-41(28-32)48(7,8)44-29-33(47(4,5)6)27-40(45(39)44)31-20-23-37-38-25-22-36(30-43(38)49(9,42(37)26-31)50(51,52)53)54(34-16-12-10-13-17-34)35-18-14-11-15-19-35/h10-30H,1-9H3. The van der Waals surface area contributed by atoms with E-state index in [1.807, 2.05) is 60.7 Å². The van der Waals surface area contributed by atoms with Crippen molar-refractivity contribution in [2.24, 2.45) is 0 Å². The van der Waals surface area contributed by atoms with Gasteiger partial charge in [0.25, 0.3) is 0 Å². The first-order valence-corrected chi connectivity index (χ1v) is 22.2. The summed E-state index contributed by atoms with van der Waals surface area (Å²) >= 11 is -2.44. The summed E-state index contributed by atoms with van der Waals surface area (Å²) in [5, 5.41) is 0. The maximum atomic E-state index is 15.9. The number of fused-ring (bicyclic) bond motifs is 6. The Morgan fingerprint density at radius 3 is 1.52 bits per heavy atom. The zero-order chi connectivity index (χ0) is 38.6. The van der Waals surface area contributed by atoms with Gasteiger partial charge in [0.05, 0.1) is 0 Å². The Morgan fingerprint density at radius 1 is 0.444 bits per heavy atom. The van der Waals surface area contributed by atoms with Crippen molar-refractivity contribution in [2.45, 2.75) is 90.1 Å². The van der Waals surface area contributed by atoms with Crippen LogP contribution in [0.3, 0.4) is 0 Å². The van der Waals surface area contributed by atoms with Gasteiger partial charge in [-0.25, -0.2) is 0 Å². The minimum atomic E-state index is -4.52. The van der Waals surface area contributed by atoms with Gasteiger partial charge in [0.15, 0.2) is 0 Å². The van der Waals surface area contributed by atoms with Crippen LogP contribution in [0.15, 0.2) is 127 Å². The van der Waals surface area contributed by atoms with E-state index in [1.54, 1.807) is 0 Å². The number of rotatable bonds is 4. The molecule has 6 aromatic carbocycles. The van der Waals surface area contributed by atoms with Crippen molar-refractivity contribution in [1.82, 2.24) is 0 Å². The van der Waals surface area contributed by atoms with Gasteiger partial charge in [-0.1, -0.05) is 20.8 Å². The fourth-order valence-electron chi connectivity index (χ4n) is 8.85. The van der Waals surface area contributed by atoms with Crippen LogP contribution in [0.4, 0.5) is 13.2 Å². The average Bonchev–Trinajstić information content (AvgIpc) is 3.52. The molecule has 8 rings (SSSR count). The number of benzene rings is 6. The molecule has 4 heteroatoms. The molecule has 6 aromatic rings. The van der Waals surface area contributed by atoms with Crippen LogP contribution in [0.2, 0.25) is 0 Å². The first kappa shape index (κ1) is 36.6. The molecule has 0 amide bonds. The van der Waals surface area contributed by atoms with E-state index in [9.17, 15) is 0 Å². The van der Waals surface area contributed by atoms with Crippen LogP contribution in [0.5, 0.6) is 0 Å². The van der Waals surface area contributed by atoms with Gasteiger partial charge in [-0.2, -0.15) is 0 Å². The summed E-state index contributed by atoms with van der Waals surface area (Å²) in [5.41, 5.74) is 8.50. The van der Waals surface area contributed by atoms with Crippen molar-refractivity contribution < 1.29 is 13.2 Å². The molecular weight excluding hydrogens is 730 g/mol. The number of hydrogen-bond donors (Lipinski definition) is 0. The zero-order valence-corrected chi connectivity index (χ0v) is 34.9. The third kappa shape index (κ3) is 5.64. The molecule has 0 heterocycles. The average molecular weight is 779 g/mol. The summed E-state index contributed by atoms with van der Waals surface area (Å²) in [7, 11) is 0. The molecular formula is C50H48F3Ge. The van der Waals surface area contributed by atoms with Crippen molar-refractivity contribution in [3.8, 4) is 33.4 Å². The summed E-state index contributed by atoms with van der Waals surface area (Å²) in [4.78, 5) is 0. The number of alkyl halides is 3. The first-order valence-electron chi connectivity index (χ1n) is 19.0. The number of halogens is 3. The molecule has 1 radical (unpaired) electrons. The predicted molar refractivity (Wildman–Crippen MR) is 222 cm³/mol. The third-order valence-corrected chi connectivity index (χ3v) is 17.9. The molecule has 2 aliphatic carbocycles. The zero-order valence-electron chi connectivity index (χ0n) is 32.8. The molecule has 2 aliphatic rings. The van der Waals surface area contributed by atoms with E-state index in [0.717, 1.165) is 21.1 Å². The van der Waals surface area contributed by atoms with E-state index in [0.29, 0.717) is 22.3 Å². The van der Waals surface area contributed by atoms with Crippen LogP contribution < -0.4 is 13.2 Å². The quantitative estimate of drug-likeness (QED) is 0.156. The van der Waals surface area contributed by atoms with Gasteiger partial charge in [-0.3, -0.25) is 0 Å². The van der Waals surface area contributed by atoms with Crippen LogP contribution in [-0.2, 0) is 21.7 Å². The Hall–Kier alpha value is -4.35. The molecule has 0 bridgehead atoms. The van der Waals surface area contributed by atoms with Crippen molar-refractivity contribution in [2.75, 3.05) is 0 Å². The SMILES string of the molecule is CC(C)(C)c1ccc2c(c1)C(C)(C)c1cc(C(C)(C)C)cc(-c3ccc4c(c3)C(C)(C(F)(F)F)c3c[c]([Ge]([c]5ccccc5)[c]5ccccc5)ccc3-4)c1-2. The van der Waals surface area contributed by atoms with Crippen molar-refractivity contribution in [3.05, 3.63) is 161 Å². The second-order valence-corrected chi connectivity index (χ2v) is 23.3.